The normalized spacial score (nSPS) is 47.9. The molecule has 5 heteroatoms. The largest absolute Gasteiger partial charge is 0.390 e. The van der Waals surface area contributed by atoms with Crippen molar-refractivity contribution in [2.24, 2.45) is 40.4 Å². The molecule has 4 saturated carbocycles. The van der Waals surface area contributed by atoms with E-state index in [1.807, 2.05) is 0 Å². The lowest BCUT2D eigenvalue weighted by molar-refractivity contribution is -0.158. The number of hydrogen-bond acceptors (Lipinski definition) is 4. The molecule has 30 heavy (non-hydrogen) atoms. The molecule has 0 spiro atoms. The SMILES string of the molecule is CC[C@]12CC[C@@](C)(O)C[C@H]1CC[C@H]1[C@@H]3CC[C@H](C(=O)Cn4ccnn4)[C@@]3(C)CC[C@@H]12. The molecule has 5 nitrogen and oxygen atoms in total. The third-order valence-electron chi connectivity index (χ3n) is 10.5. The number of aromatic nitrogens is 3. The van der Waals surface area contributed by atoms with E-state index < -0.39 is 5.60 Å². The van der Waals surface area contributed by atoms with Crippen LogP contribution in [0.15, 0.2) is 12.4 Å². The van der Waals surface area contributed by atoms with Crippen molar-refractivity contribution in [3.8, 4) is 0 Å². The van der Waals surface area contributed by atoms with Crippen molar-refractivity contribution in [1.29, 1.82) is 0 Å². The highest BCUT2D eigenvalue weighted by atomic mass is 16.3. The molecule has 0 aliphatic heterocycles. The molecule has 1 aromatic heterocycles. The van der Waals surface area contributed by atoms with Crippen LogP contribution >= 0.6 is 0 Å². The molecular weight excluding hydrogens is 374 g/mol. The minimum Gasteiger partial charge on any atom is -0.390 e. The third-order valence-corrected chi connectivity index (χ3v) is 10.5. The van der Waals surface area contributed by atoms with Crippen LogP contribution in [-0.4, -0.2) is 31.5 Å². The zero-order valence-electron chi connectivity index (χ0n) is 19.0. The van der Waals surface area contributed by atoms with Crippen molar-refractivity contribution in [2.75, 3.05) is 0 Å². The van der Waals surface area contributed by atoms with Crippen LogP contribution < -0.4 is 0 Å². The first-order valence-electron chi connectivity index (χ1n) is 12.4. The Hall–Kier alpha value is -1.23. The number of carbonyl (C=O) groups excluding carboxylic acids is 1. The monoisotopic (exact) mass is 413 g/mol. The lowest BCUT2D eigenvalue weighted by atomic mass is 9.42. The molecule has 166 valence electrons. The highest BCUT2D eigenvalue weighted by Gasteiger charge is 2.62. The molecule has 4 aliphatic carbocycles. The topological polar surface area (TPSA) is 68.0 Å². The maximum atomic E-state index is 13.2. The molecule has 1 heterocycles. The summed E-state index contributed by atoms with van der Waals surface area (Å²) in [6, 6.07) is 0. The number of rotatable bonds is 4. The van der Waals surface area contributed by atoms with Gasteiger partial charge in [-0.25, -0.2) is 4.68 Å². The Morgan fingerprint density at radius 2 is 1.93 bits per heavy atom. The lowest BCUT2D eigenvalue weighted by Gasteiger charge is -2.63. The molecule has 5 rings (SSSR count). The van der Waals surface area contributed by atoms with Gasteiger partial charge in [-0.3, -0.25) is 4.79 Å². The molecule has 4 aliphatic rings. The minimum absolute atomic E-state index is 0.154. The minimum atomic E-state index is -0.467. The van der Waals surface area contributed by atoms with Crippen molar-refractivity contribution in [3.05, 3.63) is 12.4 Å². The first-order chi connectivity index (χ1) is 14.3. The van der Waals surface area contributed by atoms with Crippen LogP contribution in [0.25, 0.3) is 0 Å². The molecule has 0 saturated heterocycles. The fourth-order valence-electron chi connectivity index (χ4n) is 9.06. The van der Waals surface area contributed by atoms with Crippen LogP contribution in [-0.2, 0) is 11.3 Å². The van der Waals surface area contributed by atoms with E-state index >= 15 is 0 Å². The summed E-state index contributed by atoms with van der Waals surface area (Å²) >= 11 is 0. The van der Waals surface area contributed by atoms with Gasteiger partial charge in [-0.1, -0.05) is 19.1 Å². The Bertz CT molecular complexity index is 790. The first kappa shape index (κ1) is 20.7. The van der Waals surface area contributed by atoms with Crippen molar-refractivity contribution in [3.63, 3.8) is 0 Å². The average Bonchev–Trinajstić information content (AvgIpc) is 3.34. The van der Waals surface area contributed by atoms with Crippen molar-refractivity contribution >= 4 is 5.78 Å². The fourth-order valence-corrected chi connectivity index (χ4v) is 9.06. The summed E-state index contributed by atoms with van der Waals surface area (Å²) in [6.07, 6.45) is 15.2. The van der Waals surface area contributed by atoms with Gasteiger partial charge in [0.25, 0.3) is 0 Å². The van der Waals surface area contributed by atoms with E-state index in [4.69, 9.17) is 0 Å². The van der Waals surface area contributed by atoms with Crippen molar-refractivity contribution in [1.82, 2.24) is 15.0 Å². The summed E-state index contributed by atoms with van der Waals surface area (Å²) in [6.45, 7) is 7.26. The molecular formula is C25H39N3O2. The van der Waals surface area contributed by atoms with Crippen LogP contribution in [0.1, 0.15) is 85.0 Å². The van der Waals surface area contributed by atoms with Gasteiger partial charge in [-0.05, 0) is 106 Å². The summed E-state index contributed by atoms with van der Waals surface area (Å²) in [5.41, 5.74) is 0.113. The van der Waals surface area contributed by atoms with Crippen LogP contribution in [0, 0.1) is 40.4 Å². The van der Waals surface area contributed by atoms with E-state index in [1.165, 1.54) is 44.9 Å². The van der Waals surface area contributed by atoms with E-state index in [2.05, 4.69) is 31.1 Å². The third kappa shape index (κ3) is 3.02. The summed E-state index contributed by atoms with van der Waals surface area (Å²) in [4.78, 5) is 13.2. The summed E-state index contributed by atoms with van der Waals surface area (Å²) in [7, 11) is 0. The molecule has 1 aromatic rings. The van der Waals surface area contributed by atoms with E-state index in [9.17, 15) is 9.90 Å². The van der Waals surface area contributed by atoms with Gasteiger partial charge in [-0.2, -0.15) is 0 Å². The van der Waals surface area contributed by atoms with Gasteiger partial charge in [0, 0.05) is 12.1 Å². The van der Waals surface area contributed by atoms with Crippen LogP contribution in [0.2, 0.25) is 0 Å². The first-order valence-corrected chi connectivity index (χ1v) is 12.4. The Morgan fingerprint density at radius 1 is 1.10 bits per heavy atom. The standard InChI is InChI=1S/C25H39N3O2/c1-4-25-12-11-23(2,30)15-17(25)5-6-18-19-7-8-21(24(19,3)10-9-20(18)25)22(29)16-28-14-13-26-27-28/h13-14,17-21,30H,4-12,15-16H2,1-3H3/t17-,18+,19+,20+,21-,23-,24+,25+/m1/s1. The number of aliphatic hydroxyl groups is 1. The lowest BCUT2D eigenvalue weighted by Crippen LogP contribution is -2.56. The fraction of sp³-hybridized carbons (Fsp3) is 0.880. The molecule has 4 fully saturated rings. The van der Waals surface area contributed by atoms with Crippen LogP contribution in [0.3, 0.4) is 0 Å². The van der Waals surface area contributed by atoms with E-state index in [0.717, 1.165) is 31.1 Å². The Morgan fingerprint density at radius 3 is 2.67 bits per heavy atom. The van der Waals surface area contributed by atoms with Gasteiger partial charge >= 0.3 is 0 Å². The summed E-state index contributed by atoms with van der Waals surface area (Å²) in [5, 5.41) is 18.6. The highest BCUT2D eigenvalue weighted by molar-refractivity contribution is 5.82. The molecule has 0 unspecified atom stereocenters. The molecule has 1 N–H and O–H groups in total. The zero-order valence-corrected chi connectivity index (χ0v) is 19.0. The van der Waals surface area contributed by atoms with Gasteiger partial charge < -0.3 is 5.11 Å². The number of nitrogens with zero attached hydrogens (tertiary/aromatic N) is 3. The van der Waals surface area contributed by atoms with Gasteiger partial charge in [0.1, 0.15) is 6.54 Å². The van der Waals surface area contributed by atoms with Gasteiger partial charge in [0.05, 0.1) is 11.8 Å². The van der Waals surface area contributed by atoms with Gasteiger partial charge in [-0.15, -0.1) is 5.10 Å². The van der Waals surface area contributed by atoms with Gasteiger partial charge in [0.15, 0.2) is 5.78 Å². The highest BCUT2D eigenvalue weighted by Crippen LogP contribution is 2.69. The number of carbonyl (C=O) groups is 1. The number of Topliss-reactive ketones (excluding diaryl/α,β-unsaturated/α-hetero) is 1. The van der Waals surface area contributed by atoms with Gasteiger partial charge in [0.2, 0.25) is 0 Å². The maximum absolute atomic E-state index is 13.2. The predicted octanol–water partition coefficient (Wildman–Crippen LogP) is 4.65. The average molecular weight is 414 g/mol. The van der Waals surface area contributed by atoms with Crippen molar-refractivity contribution in [2.45, 2.75) is 97.1 Å². The smallest absolute Gasteiger partial charge is 0.157 e. The molecule has 8 atom stereocenters. The second kappa shape index (κ2) is 7.15. The second-order valence-electron chi connectivity index (χ2n) is 11.7. The Kier molecular flexibility index (Phi) is 4.92. The van der Waals surface area contributed by atoms with E-state index in [1.54, 1.807) is 17.1 Å². The molecule has 0 bridgehead atoms. The summed E-state index contributed by atoms with van der Waals surface area (Å²) in [5.74, 6) is 3.47. The zero-order chi connectivity index (χ0) is 21.1. The number of hydrogen-bond donors (Lipinski definition) is 1. The second-order valence-corrected chi connectivity index (χ2v) is 11.7. The Balaban J connectivity index is 1.38. The van der Waals surface area contributed by atoms with Crippen molar-refractivity contribution < 1.29 is 9.90 Å². The maximum Gasteiger partial charge on any atom is 0.157 e. The summed E-state index contributed by atoms with van der Waals surface area (Å²) < 4.78 is 1.69. The molecule has 0 radical (unpaired) electrons. The number of ketones is 1. The quantitative estimate of drug-likeness (QED) is 0.780. The number of fused-ring (bicyclic) bond motifs is 5. The van der Waals surface area contributed by atoms with E-state index in [0.29, 0.717) is 29.6 Å². The van der Waals surface area contributed by atoms with Crippen LogP contribution in [0.5, 0.6) is 0 Å². The van der Waals surface area contributed by atoms with Crippen LogP contribution in [0.4, 0.5) is 0 Å². The molecule has 0 amide bonds. The predicted molar refractivity (Wildman–Crippen MR) is 115 cm³/mol. The Labute approximate surface area is 181 Å². The van der Waals surface area contributed by atoms with E-state index in [-0.39, 0.29) is 11.3 Å². The molecule has 0 aromatic carbocycles.